The molecule has 1 N–H and O–H groups in total. The summed E-state index contributed by atoms with van der Waals surface area (Å²) in [5.74, 6) is 0.802. The van der Waals surface area contributed by atoms with Crippen LogP contribution in [0, 0.1) is 5.82 Å². The highest BCUT2D eigenvalue weighted by molar-refractivity contribution is 5.77. The van der Waals surface area contributed by atoms with Crippen molar-refractivity contribution in [2.45, 2.75) is 6.42 Å². The Morgan fingerprint density at radius 1 is 1.09 bits per heavy atom. The minimum atomic E-state index is -0.291. The second-order valence-corrected chi connectivity index (χ2v) is 4.62. The van der Waals surface area contributed by atoms with E-state index in [0.717, 1.165) is 5.56 Å². The molecule has 4 nitrogen and oxygen atoms in total. The van der Waals surface area contributed by atoms with Crippen molar-refractivity contribution in [2.24, 2.45) is 0 Å². The number of hydrogen-bond acceptors (Lipinski definition) is 3. The van der Waals surface area contributed by atoms with Gasteiger partial charge < -0.3 is 14.8 Å². The highest BCUT2D eigenvalue weighted by atomic mass is 19.1. The largest absolute Gasteiger partial charge is 0.493 e. The average molecular weight is 303 g/mol. The molecule has 0 unspecified atom stereocenters. The molecule has 0 aromatic heterocycles. The predicted molar refractivity (Wildman–Crippen MR) is 81.6 cm³/mol. The van der Waals surface area contributed by atoms with Crippen LogP contribution >= 0.6 is 0 Å². The molecule has 0 saturated carbocycles. The molecule has 22 heavy (non-hydrogen) atoms. The van der Waals surface area contributed by atoms with Crippen molar-refractivity contribution in [3.63, 3.8) is 0 Å². The molecule has 0 aliphatic carbocycles. The molecule has 1 amide bonds. The topological polar surface area (TPSA) is 47.6 Å². The van der Waals surface area contributed by atoms with Gasteiger partial charge in [0.2, 0.25) is 0 Å². The van der Waals surface area contributed by atoms with Crippen LogP contribution in [0.4, 0.5) is 4.39 Å². The first-order valence-electron chi connectivity index (χ1n) is 6.98. The summed E-state index contributed by atoms with van der Waals surface area (Å²) in [5, 5.41) is 2.50. The fourth-order valence-electron chi connectivity index (χ4n) is 1.88. The van der Waals surface area contributed by atoms with Gasteiger partial charge in [-0.3, -0.25) is 4.79 Å². The van der Waals surface area contributed by atoms with Crippen molar-refractivity contribution in [1.82, 2.24) is 5.32 Å². The Morgan fingerprint density at radius 3 is 2.55 bits per heavy atom. The molecular weight excluding hydrogens is 285 g/mol. The number of hydrogen-bond donors (Lipinski definition) is 1. The SMILES string of the molecule is CNC(=O)COc1ccccc1CCOc1ccc(F)cc1. The quantitative estimate of drug-likeness (QED) is 0.855. The van der Waals surface area contributed by atoms with Gasteiger partial charge in [0.15, 0.2) is 6.61 Å². The van der Waals surface area contributed by atoms with Gasteiger partial charge in [-0.05, 0) is 35.9 Å². The third kappa shape index (κ3) is 4.77. The number of likely N-dealkylation sites (N-methyl/N-ethyl adjacent to an activating group) is 1. The van der Waals surface area contributed by atoms with Gasteiger partial charge in [-0.1, -0.05) is 18.2 Å². The lowest BCUT2D eigenvalue weighted by Gasteiger charge is -2.11. The van der Waals surface area contributed by atoms with E-state index in [1.807, 2.05) is 24.3 Å². The number of rotatable bonds is 7. The molecule has 0 spiro atoms. The van der Waals surface area contributed by atoms with Gasteiger partial charge in [-0.25, -0.2) is 4.39 Å². The van der Waals surface area contributed by atoms with E-state index in [2.05, 4.69) is 5.32 Å². The molecular formula is C17H18FNO3. The van der Waals surface area contributed by atoms with Crippen LogP contribution in [-0.4, -0.2) is 26.2 Å². The number of benzene rings is 2. The van der Waals surface area contributed by atoms with E-state index in [4.69, 9.17) is 9.47 Å². The molecule has 5 heteroatoms. The average Bonchev–Trinajstić information content (AvgIpc) is 2.55. The van der Waals surface area contributed by atoms with Gasteiger partial charge in [0.25, 0.3) is 5.91 Å². The number of carbonyl (C=O) groups excluding carboxylic acids is 1. The molecule has 2 rings (SSSR count). The normalized spacial score (nSPS) is 10.1. The third-order valence-corrected chi connectivity index (χ3v) is 3.06. The standard InChI is InChI=1S/C17H18FNO3/c1-19-17(20)12-22-16-5-3-2-4-13(16)10-11-21-15-8-6-14(18)7-9-15/h2-9H,10-12H2,1H3,(H,19,20). The summed E-state index contributed by atoms with van der Waals surface area (Å²) in [6.07, 6.45) is 0.626. The number of carbonyl (C=O) groups is 1. The Bertz CT molecular complexity index is 614. The van der Waals surface area contributed by atoms with E-state index < -0.39 is 0 Å². The zero-order valence-electron chi connectivity index (χ0n) is 12.3. The number of ether oxygens (including phenoxy) is 2. The summed E-state index contributed by atoms with van der Waals surface area (Å²) in [6, 6.07) is 13.4. The number of nitrogens with one attached hydrogen (secondary N) is 1. The first-order valence-corrected chi connectivity index (χ1v) is 6.98. The van der Waals surface area contributed by atoms with Crippen LogP contribution in [-0.2, 0) is 11.2 Å². The zero-order chi connectivity index (χ0) is 15.8. The van der Waals surface area contributed by atoms with Crippen molar-refractivity contribution in [1.29, 1.82) is 0 Å². The Kier molecular flexibility index (Phi) is 5.77. The van der Waals surface area contributed by atoms with Crippen LogP contribution in [0.2, 0.25) is 0 Å². The summed E-state index contributed by atoms with van der Waals surface area (Å²) in [5.41, 5.74) is 0.952. The van der Waals surface area contributed by atoms with E-state index in [1.54, 1.807) is 19.2 Å². The maximum Gasteiger partial charge on any atom is 0.257 e. The van der Waals surface area contributed by atoms with Crippen molar-refractivity contribution in [3.8, 4) is 11.5 Å². The lowest BCUT2D eigenvalue weighted by atomic mass is 10.1. The summed E-state index contributed by atoms with van der Waals surface area (Å²) in [6.45, 7) is 0.415. The molecule has 0 heterocycles. The van der Waals surface area contributed by atoms with Gasteiger partial charge >= 0.3 is 0 Å². The van der Waals surface area contributed by atoms with Crippen LogP contribution < -0.4 is 14.8 Å². The summed E-state index contributed by atoms with van der Waals surface area (Å²) < 4.78 is 23.9. The zero-order valence-corrected chi connectivity index (χ0v) is 12.3. The molecule has 0 bridgehead atoms. The molecule has 0 atom stereocenters. The van der Waals surface area contributed by atoms with Crippen LogP contribution in [0.25, 0.3) is 0 Å². The monoisotopic (exact) mass is 303 g/mol. The third-order valence-electron chi connectivity index (χ3n) is 3.06. The second-order valence-electron chi connectivity index (χ2n) is 4.62. The lowest BCUT2D eigenvalue weighted by Crippen LogP contribution is -2.25. The lowest BCUT2D eigenvalue weighted by molar-refractivity contribution is -0.122. The molecule has 0 fully saturated rings. The Hall–Kier alpha value is -2.56. The number of para-hydroxylation sites is 1. The van der Waals surface area contributed by atoms with Gasteiger partial charge in [-0.2, -0.15) is 0 Å². The van der Waals surface area contributed by atoms with Gasteiger partial charge in [0.1, 0.15) is 17.3 Å². The minimum Gasteiger partial charge on any atom is -0.493 e. The maximum absolute atomic E-state index is 12.8. The van der Waals surface area contributed by atoms with Crippen molar-refractivity contribution >= 4 is 5.91 Å². The smallest absolute Gasteiger partial charge is 0.257 e. The van der Waals surface area contributed by atoms with Crippen molar-refractivity contribution < 1.29 is 18.7 Å². The molecule has 2 aromatic carbocycles. The number of halogens is 1. The summed E-state index contributed by atoms with van der Waals surface area (Å²) >= 11 is 0. The molecule has 0 saturated heterocycles. The van der Waals surface area contributed by atoms with E-state index >= 15 is 0 Å². The van der Waals surface area contributed by atoms with Crippen LogP contribution in [0.15, 0.2) is 48.5 Å². The predicted octanol–water partition coefficient (Wildman–Crippen LogP) is 2.57. The summed E-state index contributed by atoms with van der Waals surface area (Å²) in [4.78, 5) is 11.2. The second kappa shape index (κ2) is 8.02. The van der Waals surface area contributed by atoms with E-state index in [1.165, 1.54) is 12.1 Å². The van der Waals surface area contributed by atoms with Crippen LogP contribution in [0.5, 0.6) is 11.5 Å². The van der Waals surface area contributed by atoms with Gasteiger partial charge in [0, 0.05) is 13.5 Å². The van der Waals surface area contributed by atoms with Gasteiger partial charge in [-0.15, -0.1) is 0 Å². The Balaban J connectivity index is 1.89. The highest BCUT2D eigenvalue weighted by Crippen LogP contribution is 2.19. The molecule has 116 valence electrons. The van der Waals surface area contributed by atoms with Crippen LogP contribution in [0.1, 0.15) is 5.56 Å². The Labute approximate surface area is 128 Å². The molecule has 2 aromatic rings. The van der Waals surface area contributed by atoms with Crippen molar-refractivity contribution in [3.05, 3.63) is 59.9 Å². The first-order chi connectivity index (χ1) is 10.7. The number of amides is 1. The Morgan fingerprint density at radius 2 is 1.82 bits per heavy atom. The summed E-state index contributed by atoms with van der Waals surface area (Å²) in [7, 11) is 1.56. The van der Waals surface area contributed by atoms with E-state index in [9.17, 15) is 9.18 Å². The fourth-order valence-corrected chi connectivity index (χ4v) is 1.88. The van der Waals surface area contributed by atoms with Crippen molar-refractivity contribution in [2.75, 3.05) is 20.3 Å². The minimum absolute atomic E-state index is 0.0215. The van der Waals surface area contributed by atoms with Gasteiger partial charge in [0.05, 0.1) is 6.61 Å². The molecule has 0 aliphatic rings. The molecule has 0 aliphatic heterocycles. The first kappa shape index (κ1) is 15.8. The van der Waals surface area contributed by atoms with E-state index in [-0.39, 0.29) is 18.3 Å². The maximum atomic E-state index is 12.8. The highest BCUT2D eigenvalue weighted by Gasteiger charge is 2.06. The van der Waals surface area contributed by atoms with E-state index in [0.29, 0.717) is 24.5 Å². The fraction of sp³-hybridized carbons (Fsp3) is 0.235. The molecule has 0 radical (unpaired) electrons. The van der Waals surface area contributed by atoms with Crippen LogP contribution in [0.3, 0.4) is 0 Å².